The number of benzene rings is 3. The highest BCUT2D eigenvalue weighted by atomic mass is 16.4. The van der Waals surface area contributed by atoms with E-state index in [1.165, 1.54) is 27.8 Å². The SMILES string of the molecule is Cc1c(-c2ccccc2)cccc1-c1ccn2c(-c3ccc(CN4CC(C(=O)O)C4)cc3)cnc2c1. The smallest absolute Gasteiger partial charge is 0.309 e. The summed E-state index contributed by atoms with van der Waals surface area (Å²) < 4.78 is 2.13. The summed E-state index contributed by atoms with van der Waals surface area (Å²) in [4.78, 5) is 17.9. The second-order valence-electron chi connectivity index (χ2n) is 9.56. The van der Waals surface area contributed by atoms with Crippen LogP contribution in [0.25, 0.3) is 39.2 Å². The van der Waals surface area contributed by atoms with Gasteiger partial charge >= 0.3 is 5.97 Å². The van der Waals surface area contributed by atoms with E-state index in [1.807, 2.05) is 12.3 Å². The van der Waals surface area contributed by atoms with Crippen LogP contribution in [0.5, 0.6) is 0 Å². The number of hydrogen-bond acceptors (Lipinski definition) is 3. The minimum Gasteiger partial charge on any atom is -0.481 e. The lowest BCUT2D eigenvalue weighted by molar-refractivity contribution is -0.147. The van der Waals surface area contributed by atoms with E-state index in [0.29, 0.717) is 13.1 Å². The zero-order valence-electron chi connectivity index (χ0n) is 20.1. The zero-order valence-corrected chi connectivity index (χ0v) is 20.1. The number of imidazole rings is 1. The summed E-state index contributed by atoms with van der Waals surface area (Å²) in [5.74, 6) is -0.923. The van der Waals surface area contributed by atoms with Crippen LogP contribution in [0.3, 0.4) is 0 Å². The van der Waals surface area contributed by atoms with E-state index in [1.54, 1.807) is 0 Å². The molecule has 0 aliphatic carbocycles. The van der Waals surface area contributed by atoms with Gasteiger partial charge in [-0.3, -0.25) is 14.1 Å². The lowest BCUT2D eigenvalue weighted by Gasteiger charge is -2.36. The summed E-state index contributed by atoms with van der Waals surface area (Å²) in [7, 11) is 0. The summed E-state index contributed by atoms with van der Waals surface area (Å²) in [5.41, 5.74) is 10.3. The number of likely N-dealkylation sites (tertiary alicyclic amines) is 1. The number of carboxylic acids is 1. The maximum absolute atomic E-state index is 11.0. The van der Waals surface area contributed by atoms with Crippen LogP contribution < -0.4 is 0 Å². The average molecular weight is 474 g/mol. The third-order valence-corrected chi connectivity index (χ3v) is 7.21. The largest absolute Gasteiger partial charge is 0.481 e. The Bertz CT molecular complexity index is 1550. The van der Waals surface area contributed by atoms with E-state index >= 15 is 0 Å². The molecule has 0 saturated carbocycles. The van der Waals surface area contributed by atoms with E-state index in [2.05, 4.69) is 101 Å². The van der Waals surface area contributed by atoms with Crippen LogP contribution >= 0.6 is 0 Å². The Balaban J connectivity index is 1.25. The first-order valence-electron chi connectivity index (χ1n) is 12.2. The van der Waals surface area contributed by atoms with Crippen LogP contribution in [0.2, 0.25) is 0 Å². The lowest BCUT2D eigenvalue weighted by Crippen LogP contribution is -2.49. The first-order valence-corrected chi connectivity index (χ1v) is 12.2. The molecular weight excluding hydrogens is 446 g/mol. The number of nitrogens with zero attached hydrogens (tertiary/aromatic N) is 3. The van der Waals surface area contributed by atoms with E-state index in [4.69, 9.17) is 10.1 Å². The normalized spacial score (nSPS) is 14.1. The molecule has 2 aromatic heterocycles. The highest BCUT2D eigenvalue weighted by molar-refractivity contribution is 5.80. The topological polar surface area (TPSA) is 57.8 Å². The van der Waals surface area contributed by atoms with Crippen molar-refractivity contribution in [3.05, 3.63) is 108 Å². The van der Waals surface area contributed by atoms with E-state index in [-0.39, 0.29) is 5.92 Å². The summed E-state index contributed by atoms with van der Waals surface area (Å²) >= 11 is 0. The van der Waals surface area contributed by atoms with Gasteiger partial charge in [0, 0.05) is 31.4 Å². The molecule has 1 fully saturated rings. The molecule has 0 atom stereocenters. The van der Waals surface area contributed by atoms with Crippen molar-refractivity contribution in [2.24, 2.45) is 5.92 Å². The quantitative estimate of drug-likeness (QED) is 0.321. The van der Waals surface area contributed by atoms with Gasteiger partial charge in [-0.25, -0.2) is 4.98 Å². The van der Waals surface area contributed by atoms with E-state index in [0.717, 1.165) is 29.0 Å². The van der Waals surface area contributed by atoms with Crippen LogP contribution in [0.4, 0.5) is 0 Å². The van der Waals surface area contributed by atoms with Crippen molar-refractivity contribution >= 4 is 11.6 Å². The molecule has 0 unspecified atom stereocenters. The molecule has 0 radical (unpaired) electrons. The lowest BCUT2D eigenvalue weighted by atomic mass is 9.93. The molecule has 5 nitrogen and oxygen atoms in total. The van der Waals surface area contributed by atoms with Crippen LogP contribution in [-0.4, -0.2) is 38.4 Å². The van der Waals surface area contributed by atoms with Gasteiger partial charge in [-0.15, -0.1) is 0 Å². The van der Waals surface area contributed by atoms with Gasteiger partial charge < -0.3 is 5.11 Å². The fourth-order valence-corrected chi connectivity index (χ4v) is 5.13. The molecule has 0 bridgehead atoms. The highest BCUT2D eigenvalue weighted by Crippen LogP contribution is 2.33. The van der Waals surface area contributed by atoms with Gasteiger partial charge in [0.15, 0.2) is 0 Å². The van der Waals surface area contributed by atoms with Gasteiger partial charge in [0.1, 0.15) is 5.65 Å². The number of aromatic nitrogens is 2. The van der Waals surface area contributed by atoms with Gasteiger partial charge in [0.2, 0.25) is 0 Å². The first kappa shape index (κ1) is 22.3. The van der Waals surface area contributed by atoms with Crippen molar-refractivity contribution in [2.45, 2.75) is 13.5 Å². The van der Waals surface area contributed by atoms with Crippen molar-refractivity contribution < 1.29 is 9.90 Å². The molecule has 1 aliphatic heterocycles. The van der Waals surface area contributed by atoms with Gasteiger partial charge in [-0.1, -0.05) is 72.8 Å². The zero-order chi connectivity index (χ0) is 24.6. The van der Waals surface area contributed by atoms with E-state index in [9.17, 15) is 4.79 Å². The van der Waals surface area contributed by atoms with Crippen molar-refractivity contribution in [3.63, 3.8) is 0 Å². The number of pyridine rings is 1. The number of rotatable bonds is 6. The summed E-state index contributed by atoms with van der Waals surface area (Å²) in [6, 6.07) is 29.8. The van der Waals surface area contributed by atoms with Crippen LogP contribution in [0.1, 0.15) is 11.1 Å². The first-order chi connectivity index (χ1) is 17.6. The number of carbonyl (C=O) groups is 1. The van der Waals surface area contributed by atoms with Crippen LogP contribution in [0, 0.1) is 12.8 Å². The van der Waals surface area contributed by atoms with Crippen molar-refractivity contribution in [2.75, 3.05) is 13.1 Å². The molecule has 5 aromatic rings. The standard InChI is InChI=1S/C31H27N3O2/c1-21-27(23-6-3-2-4-7-23)8-5-9-28(21)25-14-15-34-29(17-32-30(34)16-25)24-12-10-22(11-13-24)18-33-19-26(20-33)31(35)36/h2-17,26H,18-20H2,1H3,(H,35,36). The Morgan fingerprint density at radius 3 is 2.33 bits per heavy atom. The molecule has 5 heteroatoms. The second kappa shape index (κ2) is 9.10. The number of carboxylic acid groups (broad SMARTS) is 1. The minimum atomic E-state index is -0.698. The molecule has 0 spiro atoms. The van der Waals surface area contributed by atoms with E-state index < -0.39 is 5.97 Å². The van der Waals surface area contributed by atoms with Gasteiger partial charge in [0.05, 0.1) is 17.8 Å². The van der Waals surface area contributed by atoms with Crippen LogP contribution in [-0.2, 0) is 11.3 Å². The molecule has 1 aliphatic rings. The molecule has 178 valence electrons. The molecule has 36 heavy (non-hydrogen) atoms. The summed E-state index contributed by atoms with van der Waals surface area (Å²) in [5, 5.41) is 9.07. The highest BCUT2D eigenvalue weighted by Gasteiger charge is 2.32. The number of aliphatic carboxylic acids is 1. The fourth-order valence-electron chi connectivity index (χ4n) is 5.13. The van der Waals surface area contributed by atoms with Crippen molar-refractivity contribution in [1.29, 1.82) is 0 Å². The maximum atomic E-state index is 11.0. The Hall–Kier alpha value is -4.22. The Labute approximate surface area is 210 Å². The predicted octanol–water partition coefficient (Wildman–Crippen LogP) is 6.16. The average Bonchev–Trinajstić information content (AvgIpc) is 3.30. The van der Waals surface area contributed by atoms with Gasteiger partial charge in [-0.2, -0.15) is 0 Å². The van der Waals surface area contributed by atoms with Crippen molar-refractivity contribution in [3.8, 4) is 33.5 Å². The molecule has 3 aromatic carbocycles. The molecule has 1 N–H and O–H groups in total. The molecule has 3 heterocycles. The summed E-state index contributed by atoms with van der Waals surface area (Å²) in [6.45, 7) is 4.21. The van der Waals surface area contributed by atoms with Crippen molar-refractivity contribution in [1.82, 2.24) is 14.3 Å². The molecule has 6 rings (SSSR count). The van der Waals surface area contributed by atoms with Crippen LogP contribution in [0.15, 0.2) is 97.3 Å². The number of fused-ring (bicyclic) bond motifs is 1. The Kier molecular flexibility index (Phi) is 5.62. The monoisotopic (exact) mass is 473 g/mol. The molecule has 1 saturated heterocycles. The summed E-state index contributed by atoms with van der Waals surface area (Å²) in [6.07, 6.45) is 4.02. The van der Waals surface area contributed by atoms with Gasteiger partial charge in [-0.05, 0) is 52.4 Å². The minimum absolute atomic E-state index is 0.225. The number of hydrogen-bond donors (Lipinski definition) is 1. The molecule has 0 amide bonds. The third kappa shape index (κ3) is 4.08. The maximum Gasteiger partial charge on any atom is 0.309 e. The second-order valence-corrected chi connectivity index (χ2v) is 9.56. The third-order valence-electron chi connectivity index (χ3n) is 7.21. The molecular formula is C31H27N3O2. The predicted molar refractivity (Wildman–Crippen MR) is 143 cm³/mol. The van der Waals surface area contributed by atoms with Gasteiger partial charge in [0.25, 0.3) is 0 Å². The fraction of sp³-hybridized carbons (Fsp3) is 0.161. The Morgan fingerprint density at radius 1 is 0.889 bits per heavy atom. The Morgan fingerprint density at radius 2 is 1.61 bits per heavy atom.